The predicted molar refractivity (Wildman–Crippen MR) is 49.3 cm³/mol. The van der Waals surface area contributed by atoms with Crippen LogP contribution in [-0.4, -0.2) is 19.3 Å². The molecule has 0 fully saturated rings. The molecule has 0 atom stereocenters. The number of hydrogen-bond donors (Lipinski definition) is 0. The molecule has 0 aromatic carbocycles. The van der Waals surface area contributed by atoms with Crippen LogP contribution in [-0.2, 0) is 13.6 Å². The number of imidazole rings is 1. The van der Waals surface area contributed by atoms with Crippen LogP contribution in [0, 0.1) is 6.92 Å². The highest BCUT2D eigenvalue weighted by atomic mass is 15.3. The highest BCUT2D eigenvalue weighted by Crippen LogP contribution is 2.00. The second-order valence-corrected chi connectivity index (χ2v) is 3.15. The molecular formula is C9H12N4. The lowest BCUT2D eigenvalue weighted by Gasteiger charge is -2.01. The third-order valence-electron chi connectivity index (χ3n) is 2.01. The van der Waals surface area contributed by atoms with E-state index in [-0.39, 0.29) is 0 Å². The van der Waals surface area contributed by atoms with Crippen LogP contribution in [0.5, 0.6) is 0 Å². The zero-order valence-corrected chi connectivity index (χ0v) is 7.81. The molecule has 0 N–H and O–H groups in total. The number of rotatable bonds is 2. The van der Waals surface area contributed by atoms with E-state index in [1.165, 1.54) is 0 Å². The van der Waals surface area contributed by atoms with Crippen LogP contribution in [0.15, 0.2) is 24.8 Å². The smallest absolute Gasteiger partial charge is 0.0946 e. The Morgan fingerprint density at radius 1 is 1.46 bits per heavy atom. The van der Waals surface area contributed by atoms with Crippen LogP contribution in [0.2, 0.25) is 0 Å². The van der Waals surface area contributed by atoms with Gasteiger partial charge >= 0.3 is 0 Å². The zero-order valence-electron chi connectivity index (χ0n) is 7.81. The zero-order chi connectivity index (χ0) is 9.26. The van der Waals surface area contributed by atoms with Crippen molar-refractivity contribution in [3.63, 3.8) is 0 Å². The molecule has 0 aliphatic heterocycles. The van der Waals surface area contributed by atoms with E-state index in [0.29, 0.717) is 0 Å². The van der Waals surface area contributed by atoms with Gasteiger partial charge in [-0.25, -0.2) is 4.98 Å². The predicted octanol–water partition coefficient (Wildman–Crippen LogP) is 0.973. The number of hydrogen-bond acceptors (Lipinski definition) is 2. The Morgan fingerprint density at radius 2 is 2.31 bits per heavy atom. The Kier molecular flexibility index (Phi) is 1.88. The second-order valence-electron chi connectivity index (χ2n) is 3.15. The molecule has 0 saturated heterocycles. The molecule has 2 aromatic rings. The summed E-state index contributed by atoms with van der Waals surface area (Å²) in [6.07, 6.45) is 5.63. The minimum atomic E-state index is 0.782. The molecule has 2 aromatic heterocycles. The first-order valence-corrected chi connectivity index (χ1v) is 4.21. The maximum atomic E-state index is 4.30. The molecule has 0 unspecified atom stereocenters. The fourth-order valence-corrected chi connectivity index (χ4v) is 1.25. The fraction of sp³-hybridized carbons (Fsp3) is 0.333. The molecule has 2 rings (SSSR count). The van der Waals surface area contributed by atoms with Gasteiger partial charge in [0.05, 0.1) is 30.5 Å². The second kappa shape index (κ2) is 3.05. The van der Waals surface area contributed by atoms with Gasteiger partial charge in [-0.3, -0.25) is 4.68 Å². The molecule has 0 aliphatic carbocycles. The monoisotopic (exact) mass is 176 g/mol. The summed E-state index contributed by atoms with van der Waals surface area (Å²) in [5, 5.41) is 4.30. The summed E-state index contributed by atoms with van der Waals surface area (Å²) in [7, 11) is 1.98. The van der Waals surface area contributed by atoms with E-state index < -0.39 is 0 Å². The number of nitrogens with zero attached hydrogens (tertiary/aromatic N) is 4. The van der Waals surface area contributed by atoms with Crippen molar-refractivity contribution in [2.24, 2.45) is 7.05 Å². The van der Waals surface area contributed by atoms with Crippen molar-refractivity contribution in [3.8, 4) is 0 Å². The Morgan fingerprint density at radius 3 is 2.85 bits per heavy atom. The summed E-state index contributed by atoms with van der Waals surface area (Å²) < 4.78 is 3.91. The van der Waals surface area contributed by atoms with Gasteiger partial charge in [0.15, 0.2) is 0 Å². The summed E-state index contributed by atoms with van der Waals surface area (Å²) in [6.45, 7) is 2.77. The van der Waals surface area contributed by atoms with Gasteiger partial charge in [-0.15, -0.1) is 0 Å². The van der Waals surface area contributed by atoms with Gasteiger partial charge in [0, 0.05) is 13.2 Å². The van der Waals surface area contributed by atoms with Crippen molar-refractivity contribution in [1.82, 2.24) is 19.3 Å². The first kappa shape index (κ1) is 8.04. The molecule has 0 saturated carbocycles. The maximum absolute atomic E-state index is 4.30. The van der Waals surface area contributed by atoms with Crippen LogP contribution in [0.25, 0.3) is 0 Å². The van der Waals surface area contributed by atoms with Crippen LogP contribution in [0.4, 0.5) is 0 Å². The Hall–Kier alpha value is -1.58. The summed E-state index contributed by atoms with van der Waals surface area (Å²) in [6, 6.07) is 2.00. The lowest BCUT2D eigenvalue weighted by atomic mass is 10.4. The molecule has 4 nitrogen and oxygen atoms in total. The van der Waals surface area contributed by atoms with E-state index in [9.17, 15) is 0 Å². The molecule has 0 bridgehead atoms. The summed E-state index contributed by atoms with van der Waals surface area (Å²) in [4.78, 5) is 4.05. The third kappa shape index (κ3) is 1.61. The first-order valence-electron chi connectivity index (χ1n) is 4.21. The first-order chi connectivity index (χ1) is 6.25. The van der Waals surface area contributed by atoms with Crippen LogP contribution < -0.4 is 0 Å². The SMILES string of the molecule is Cc1ccn(Cc2cncn2C)n1. The normalized spacial score (nSPS) is 10.6. The van der Waals surface area contributed by atoms with Gasteiger partial charge in [0.25, 0.3) is 0 Å². The Labute approximate surface area is 76.8 Å². The van der Waals surface area contributed by atoms with Crippen molar-refractivity contribution in [2.45, 2.75) is 13.5 Å². The van der Waals surface area contributed by atoms with E-state index in [0.717, 1.165) is 17.9 Å². The highest BCUT2D eigenvalue weighted by molar-refractivity contribution is 5.01. The molecule has 0 aliphatic rings. The van der Waals surface area contributed by atoms with Crippen molar-refractivity contribution in [2.75, 3.05) is 0 Å². The Balaban J connectivity index is 2.19. The maximum Gasteiger partial charge on any atom is 0.0946 e. The largest absolute Gasteiger partial charge is 0.336 e. The van der Waals surface area contributed by atoms with E-state index in [2.05, 4.69) is 10.1 Å². The van der Waals surface area contributed by atoms with E-state index >= 15 is 0 Å². The molecule has 13 heavy (non-hydrogen) atoms. The van der Waals surface area contributed by atoms with Gasteiger partial charge in [-0.05, 0) is 13.0 Å². The highest BCUT2D eigenvalue weighted by Gasteiger charge is 1.99. The lowest BCUT2D eigenvalue weighted by molar-refractivity contribution is 0.643. The van der Waals surface area contributed by atoms with Crippen molar-refractivity contribution < 1.29 is 0 Å². The molecule has 68 valence electrons. The van der Waals surface area contributed by atoms with Crippen molar-refractivity contribution >= 4 is 0 Å². The van der Waals surface area contributed by atoms with Crippen LogP contribution in [0.1, 0.15) is 11.4 Å². The third-order valence-corrected chi connectivity index (χ3v) is 2.01. The average Bonchev–Trinajstić information content (AvgIpc) is 2.64. The average molecular weight is 176 g/mol. The van der Waals surface area contributed by atoms with Crippen molar-refractivity contribution in [1.29, 1.82) is 0 Å². The molecule has 0 radical (unpaired) electrons. The topological polar surface area (TPSA) is 35.6 Å². The minimum absolute atomic E-state index is 0.782. The number of aromatic nitrogens is 4. The van der Waals surface area contributed by atoms with E-state index in [1.807, 2.05) is 41.7 Å². The molecule has 2 heterocycles. The fourth-order valence-electron chi connectivity index (χ4n) is 1.25. The van der Waals surface area contributed by atoms with Crippen molar-refractivity contribution in [3.05, 3.63) is 36.2 Å². The van der Waals surface area contributed by atoms with Crippen LogP contribution >= 0.6 is 0 Å². The standard InChI is InChI=1S/C9H12N4/c1-8-3-4-13(11-8)6-9-5-10-7-12(9)2/h3-5,7H,6H2,1-2H3. The van der Waals surface area contributed by atoms with Gasteiger partial charge in [0.2, 0.25) is 0 Å². The van der Waals surface area contributed by atoms with Crippen LogP contribution in [0.3, 0.4) is 0 Å². The molecular weight excluding hydrogens is 164 g/mol. The van der Waals surface area contributed by atoms with Gasteiger partial charge in [-0.2, -0.15) is 5.10 Å². The molecule has 4 heteroatoms. The molecule has 0 amide bonds. The number of aryl methyl sites for hydroxylation is 2. The summed E-state index contributed by atoms with van der Waals surface area (Å²) >= 11 is 0. The Bertz CT molecular complexity index is 399. The summed E-state index contributed by atoms with van der Waals surface area (Å²) in [5.74, 6) is 0. The summed E-state index contributed by atoms with van der Waals surface area (Å²) in [5.41, 5.74) is 2.20. The quantitative estimate of drug-likeness (QED) is 0.683. The van der Waals surface area contributed by atoms with E-state index in [4.69, 9.17) is 0 Å². The van der Waals surface area contributed by atoms with Gasteiger partial charge < -0.3 is 4.57 Å². The van der Waals surface area contributed by atoms with Gasteiger partial charge in [0.1, 0.15) is 0 Å². The van der Waals surface area contributed by atoms with Gasteiger partial charge in [-0.1, -0.05) is 0 Å². The minimum Gasteiger partial charge on any atom is -0.336 e. The molecule has 0 spiro atoms. The van der Waals surface area contributed by atoms with E-state index in [1.54, 1.807) is 6.33 Å². The lowest BCUT2D eigenvalue weighted by Crippen LogP contribution is -2.04.